The number of rotatable bonds is 12. The lowest BCUT2D eigenvalue weighted by molar-refractivity contribution is -0.116. The Balaban J connectivity index is 1.66. The van der Waals surface area contributed by atoms with Crippen molar-refractivity contribution in [1.82, 2.24) is 0 Å². The van der Waals surface area contributed by atoms with E-state index in [0.717, 1.165) is 6.92 Å². The molecule has 13 heteroatoms. The number of amides is 2. The van der Waals surface area contributed by atoms with Gasteiger partial charge in [-0.2, -0.15) is 10.2 Å². The number of hydrogen-bond donors (Lipinski definition) is 5. The molecule has 0 saturated heterocycles. The summed E-state index contributed by atoms with van der Waals surface area (Å²) in [6.07, 6.45) is 0.646. The third-order valence-electron chi connectivity index (χ3n) is 5.22. The van der Waals surface area contributed by atoms with Gasteiger partial charge in [-0.05, 0) is 54.6 Å². The SMILES string of the molecule is CC(=O)/C(=N/Nc1cccc(C=O)c1)C(=O)Nc1ccc(NC(=O)/C(=N\Nc2cccc(C(=O)O)c2)C(C)=O)cc1. The van der Waals surface area contributed by atoms with Gasteiger partial charge in [-0.3, -0.25) is 34.8 Å². The minimum Gasteiger partial charge on any atom is -0.478 e. The van der Waals surface area contributed by atoms with E-state index in [2.05, 4.69) is 31.7 Å². The highest BCUT2D eigenvalue weighted by Crippen LogP contribution is 2.15. The molecule has 0 fully saturated rings. The van der Waals surface area contributed by atoms with E-state index < -0.39 is 40.8 Å². The summed E-state index contributed by atoms with van der Waals surface area (Å²) in [5.41, 5.74) is 5.79. The van der Waals surface area contributed by atoms with Crippen LogP contribution in [0.1, 0.15) is 34.6 Å². The Morgan fingerprint density at radius 2 is 1.12 bits per heavy atom. The van der Waals surface area contributed by atoms with E-state index in [-0.39, 0.29) is 22.6 Å². The summed E-state index contributed by atoms with van der Waals surface area (Å²) < 4.78 is 0. The lowest BCUT2D eigenvalue weighted by Gasteiger charge is -2.09. The van der Waals surface area contributed by atoms with E-state index in [1.54, 1.807) is 18.2 Å². The first-order valence-corrected chi connectivity index (χ1v) is 11.9. The summed E-state index contributed by atoms with van der Waals surface area (Å²) in [5.74, 6) is -4.02. The van der Waals surface area contributed by atoms with Gasteiger partial charge in [-0.25, -0.2) is 4.79 Å². The average Bonchev–Trinajstić information content (AvgIpc) is 2.94. The van der Waals surface area contributed by atoms with E-state index in [1.807, 2.05) is 0 Å². The molecule has 0 aliphatic carbocycles. The number of hydrogen-bond acceptors (Lipinski definition) is 10. The standard InChI is InChI=1S/C28H24N6O7/c1-16(36)24(33-31-22-7-3-5-18(13-22)15-35)26(38)29-20-9-11-21(12-10-20)30-27(39)25(17(2)37)34-32-23-8-4-6-19(14-23)28(40)41/h3-15,31-32H,1-2H3,(H,29,38)(H,30,39)(H,40,41)/b33-24-,34-25-. The van der Waals surface area contributed by atoms with Crippen LogP contribution in [0.2, 0.25) is 0 Å². The second-order valence-corrected chi connectivity index (χ2v) is 8.37. The van der Waals surface area contributed by atoms with Crippen LogP contribution in [0.25, 0.3) is 0 Å². The molecule has 0 atom stereocenters. The van der Waals surface area contributed by atoms with Crippen LogP contribution in [0, 0.1) is 0 Å². The lowest BCUT2D eigenvalue weighted by Crippen LogP contribution is -2.30. The first-order valence-electron chi connectivity index (χ1n) is 11.9. The van der Waals surface area contributed by atoms with Crippen LogP contribution in [0.3, 0.4) is 0 Å². The molecule has 0 aliphatic heterocycles. The molecule has 0 aliphatic rings. The van der Waals surface area contributed by atoms with Gasteiger partial charge in [0.25, 0.3) is 11.8 Å². The quantitative estimate of drug-likeness (QED) is 0.0963. The van der Waals surface area contributed by atoms with Gasteiger partial charge in [0.2, 0.25) is 0 Å². The molecule has 0 heterocycles. The maximum absolute atomic E-state index is 12.7. The number of hydrazone groups is 2. The summed E-state index contributed by atoms with van der Waals surface area (Å²) in [6.45, 7) is 2.32. The number of ketones is 2. The van der Waals surface area contributed by atoms with Crippen molar-refractivity contribution in [1.29, 1.82) is 0 Å². The molecule has 0 saturated carbocycles. The molecule has 208 valence electrons. The molecule has 41 heavy (non-hydrogen) atoms. The number of aromatic carboxylic acids is 1. The molecule has 3 aromatic rings. The molecule has 0 radical (unpaired) electrons. The number of nitrogens with zero attached hydrogens (tertiary/aromatic N) is 2. The molecular formula is C28H24N6O7. The number of nitrogens with one attached hydrogen (secondary N) is 4. The first-order chi connectivity index (χ1) is 19.6. The zero-order valence-corrected chi connectivity index (χ0v) is 21.8. The van der Waals surface area contributed by atoms with Crippen LogP contribution in [0.4, 0.5) is 22.7 Å². The van der Waals surface area contributed by atoms with Crippen molar-refractivity contribution >= 4 is 69.8 Å². The second-order valence-electron chi connectivity index (χ2n) is 8.37. The normalized spacial score (nSPS) is 11.2. The first kappa shape index (κ1) is 29.6. The van der Waals surface area contributed by atoms with Gasteiger partial charge in [0.1, 0.15) is 6.29 Å². The highest BCUT2D eigenvalue weighted by Gasteiger charge is 2.19. The van der Waals surface area contributed by atoms with Crippen molar-refractivity contribution in [2.24, 2.45) is 10.2 Å². The minimum atomic E-state index is -1.15. The number of carbonyl (C=O) groups excluding carboxylic acids is 5. The molecular weight excluding hydrogens is 532 g/mol. The molecule has 0 bridgehead atoms. The Labute approximate surface area is 233 Å². The third kappa shape index (κ3) is 8.51. The minimum absolute atomic E-state index is 0.00598. The molecule has 2 amide bonds. The molecule has 3 aromatic carbocycles. The summed E-state index contributed by atoms with van der Waals surface area (Å²) in [7, 11) is 0. The summed E-state index contributed by atoms with van der Waals surface area (Å²) >= 11 is 0. The predicted molar refractivity (Wildman–Crippen MR) is 152 cm³/mol. The van der Waals surface area contributed by atoms with E-state index in [0.29, 0.717) is 17.5 Å². The van der Waals surface area contributed by atoms with Gasteiger partial charge in [0, 0.05) is 30.8 Å². The molecule has 5 N–H and O–H groups in total. The summed E-state index contributed by atoms with van der Waals surface area (Å²) in [4.78, 5) is 71.4. The molecule has 0 unspecified atom stereocenters. The Morgan fingerprint density at radius 1 is 0.659 bits per heavy atom. The van der Waals surface area contributed by atoms with Crippen molar-refractivity contribution in [3.8, 4) is 0 Å². The topological polar surface area (TPSA) is 195 Å². The van der Waals surface area contributed by atoms with Gasteiger partial charge in [0.15, 0.2) is 23.0 Å². The summed E-state index contributed by atoms with van der Waals surface area (Å²) in [5, 5.41) is 21.8. The van der Waals surface area contributed by atoms with E-state index >= 15 is 0 Å². The number of anilines is 4. The lowest BCUT2D eigenvalue weighted by atomic mass is 10.2. The van der Waals surface area contributed by atoms with Crippen LogP contribution in [0.5, 0.6) is 0 Å². The van der Waals surface area contributed by atoms with Gasteiger partial charge in [-0.1, -0.05) is 18.2 Å². The predicted octanol–water partition coefficient (Wildman–Crippen LogP) is 3.19. The Kier molecular flexibility index (Phi) is 9.89. The monoisotopic (exact) mass is 556 g/mol. The Morgan fingerprint density at radius 3 is 1.56 bits per heavy atom. The summed E-state index contributed by atoms with van der Waals surface area (Å²) in [6, 6.07) is 17.7. The van der Waals surface area contributed by atoms with Crippen LogP contribution >= 0.6 is 0 Å². The highest BCUT2D eigenvalue weighted by atomic mass is 16.4. The van der Waals surface area contributed by atoms with E-state index in [1.165, 1.54) is 61.5 Å². The maximum atomic E-state index is 12.7. The van der Waals surface area contributed by atoms with Gasteiger partial charge < -0.3 is 15.7 Å². The fraction of sp³-hybridized carbons (Fsp3) is 0.0714. The van der Waals surface area contributed by atoms with Crippen molar-refractivity contribution in [2.75, 3.05) is 21.5 Å². The average molecular weight is 557 g/mol. The van der Waals surface area contributed by atoms with Crippen LogP contribution in [-0.4, -0.2) is 52.2 Å². The number of carboxylic acids is 1. The number of carboxylic acid groups (broad SMARTS) is 1. The number of carbonyl (C=O) groups is 6. The smallest absolute Gasteiger partial charge is 0.335 e. The van der Waals surface area contributed by atoms with Crippen molar-refractivity contribution in [2.45, 2.75) is 13.8 Å². The second kappa shape index (κ2) is 13.7. The number of aldehydes is 1. The fourth-order valence-corrected chi connectivity index (χ4v) is 3.24. The molecule has 13 nitrogen and oxygen atoms in total. The largest absolute Gasteiger partial charge is 0.478 e. The Hall–Kier alpha value is -5.98. The van der Waals surface area contributed by atoms with Crippen molar-refractivity contribution < 1.29 is 33.9 Å². The number of benzene rings is 3. The Bertz CT molecular complexity index is 1580. The highest BCUT2D eigenvalue weighted by molar-refractivity contribution is 6.67. The van der Waals surface area contributed by atoms with Crippen molar-refractivity contribution in [3.05, 3.63) is 83.9 Å². The number of Topliss-reactive ketones (excluding diaryl/α,β-unsaturated/α-hetero) is 2. The van der Waals surface area contributed by atoms with Crippen molar-refractivity contribution in [3.63, 3.8) is 0 Å². The zero-order valence-electron chi connectivity index (χ0n) is 21.8. The van der Waals surface area contributed by atoms with Gasteiger partial charge >= 0.3 is 5.97 Å². The van der Waals surface area contributed by atoms with Crippen LogP contribution < -0.4 is 21.5 Å². The van der Waals surface area contributed by atoms with Gasteiger partial charge in [-0.15, -0.1) is 0 Å². The molecule has 0 spiro atoms. The maximum Gasteiger partial charge on any atom is 0.335 e. The zero-order chi connectivity index (χ0) is 29.9. The van der Waals surface area contributed by atoms with E-state index in [4.69, 9.17) is 5.11 Å². The molecule has 0 aromatic heterocycles. The van der Waals surface area contributed by atoms with E-state index in [9.17, 15) is 28.8 Å². The molecule has 3 rings (SSSR count). The van der Waals surface area contributed by atoms with Gasteiger partial charge in [0.05, 0.1) is 16.9 Å². The third-order valence-corrected chi connectivity index (χ3v) is 5.22. The van der Waals surface area contributed by atoms with Crippen LogP contribution in [-0.2, 0) is 19.2 Å². The van der Waals surface area contributed by atoms with Crippen LogP contribution in [0.15, 0.2) is 83.0 Å². The fourth-order valence-electron chi connectivity index (χ4n) is 3.24.